The highest BCUT2D eigenvalue weighted by Gasteiger charge is 2.11. The van der Waals surface area contributed by atoms with Gasteiger partial charge in [0.25, 0.3) is 0 Å². The second-order valence-electron chi connectivity index (χ2n) is 4.68. The molecule has 5 heteroatoms. The van der Waals surface area contributed by atoms with Gasteiger partial charge in [-0.15, -0.1) is 0 Å². The largest absolute Gasteiger partial charge is 0.377 e. The summed E-state index contributed by atoms with van der Waals surface area (Å²) in [5, 5.41) is 5.70. The molecule has 0 aromatic carbocycles. The fourth-order valence-electron chi connectivity index (χ4n) is 1.11. The first-order valence-corrected chi connectivity index (χ1v) is 6.16. The van der Waals surface area contributed by atoms with Crippen LogP contribution in [0.5, 0.6) is 0 Å². The van der Waals surface area contributed by atoms with Crippen molar-refractivity contribution < 1.29 is 13.9 Å². The average Bonchev–Trinajstić information content (AvgIpc) is 2.24. The van der Waals surface area contributed by atoms with Gasteiger partial charge in [0.1, 0.15) is 6.17 Å². The van der Waals surface area contributed by atoms with Gasteiger partial charge in [-0.2, -0.15) is 0 Å². The molecule has 17 heavy (non-hydrogen) atoms. The molecular weight excluding hydrogens is 223 g/mol. The number of alkyl halides is 1. The Morgan fingerprint density at radius 3 is 2.47 bits per heavy atom. The molecule has 0 aliphatic heterocycles. The maximum Gasteiger partial charge on any atom is 0.222 e. The molecule has 2 N–H and O–H groups in total. The van der Waals surface area contributed by atoms with Crippen LogP contribution in [0.1, 0.15) is 27.7 Å². The van der Waals surface area contributed by atoms with Crippen molar-refractivity contribution in [2.45, 2.75) is 39.9 Å². The smallest absolute Gasteiger partial charge is 0.222 e. The quantitative estimate of drug-likeness (QED) is 0.601. The van der Waals surface area contributed by atoms with Crippen molar-refractivity contribution in [3.8, 4) is 0 Å². The Kier molecular flexibility index (Phi) is 8.99. The molecule has 1 unspecified atom stereocenters. The van der Waals surface area contributed by atoms with Crippen molar-refractivity contribution in [1.29, 1.82) is 0 Å². The van der Waals surface area contributed by atoms with Crippen LogP contribution in [0.2, 0.25) is 0 Å². The molecule has 0 bridgehead atoms. The number of nitrogens with one attached hydrogen (secondary N) is 2. The van der Waals surface area contributed by atoms with Gasteiger partial charge in [-0.3, -0.25) is 4.79 Å². The van der Waals surface area contributed by atoms with E-state index in [-0.39, 0.29) is 25.0 Å². The van der Waals surface area contributed by atoms with E-state index in [1.807, 2.05) is 13.8 Å². The summed E-state index contributed by atoms with van der Waals surface area (Å²) >= 11 is 0. The minimum absolute atomic E-state index is 0.0224. The maximum atomic E-state index is 13.3. The minimum atomic E-state index is -1.14. The van der Waals surface area contributed by atoms with E-state index in [9.17, 15) is 9.18 Å². The minimum Gasteiger partial charge on any atom is -0.377 e. The van der Waals surface area contributed by atoms with Gasteiger partial charge >= 0.3 is 0 Å². The Morgan fingerprint density at radius 2 is 1.94 bits per heavy atom. The molecule has 4 nitrogen and oxygen atoms in total. The van der Waals surface area contributed by atoms with Crippen LogP contribution in [-0.4, -0.2) is 44.4 Å². The SMILES string of the molecule is CC(C)NCCOCC(F)CNC(=O)C(C)C. The third kappa shape index (κ3) is 10.2. The molecule has 0 aliphatic rings. The zero-order valence-corrected chi connectivity index (χ0v) is 11.3. The van der Waals surface area contributed by atoms with Crippen molar-refractivity contribution in [3.05, 3.63) is 0 Å². The normalized spacial score (nSPS) is 13.1. The number of hydrogen-bond donors (Lipinski definition) is 2. The van der Waals surface area contributed by atoms with E-state index in [2.05, 4.69) is 10.6 Å². The van der Waals surface area contributed by atoms with Crippen molar-refractivity contribution in [2.75, 3.05) is 26.3 Å². The number of carbonyl (C=O) groups excluding carboxylic acids is 1. The van der Waals surface area contributed by atoms with Gasteiger partial charge in [-0.25, -0.2) is 4.39 Å². The van der Waals surface area contributed by atoms with Crippen LogP contribution in [0.3, 0.4) is 0 Å². The number of rotatable bonds is 9. The van der Waals surface area contributed by atoms with E-state index >= 15 is 0 Å². The van der Waals surface area contributed by atoms with Crippen LogP contribution >= 0.6 is 0 Å². The summed E-state index contributed by atoms with van der Waals surface area (Å²) in [7, 11) is 0. The molecule has 0 fully saturated rings. The predicted octanol–water partition coefficient (Wildman–Crippen LogP) is 1.11. The molecule has 0 rings (SSSR count). The Bertz CT molecular complexity index is 211. The lowest BCUT2D eigenvalue weighted by Crippen LogP contribution is -2.35. The Morgan fingerprint density at radius 1 is 1.29 bits per heavy atom. The Balaban J connectivity index is 3.40. The third-order valence-electron chi connectivity index (χ3n) is 2.12. The number of amides is 1. The fraction of sp³-hybridized carbons (Fsp3) is 0.917. The summed E-state index contributed by atoms with van der Waals surface area (Å²) in [6.07, 6.45) is -1.14. The Hall–Kier alpha value is -0.680. The summed E-state index contributed by atoms with van der Waals surface area (Å²) in [4.78, 5) is 11.2. The van der Waals surface area contributed by atoms with Gasteiger partial charge in [0, 0.05) is 18.5 Å². The molecule has 0 radical (unpaired) electrons. The lowest BCUT2D eigenvalue weighted by molar-refractivity contribution is -0.124. The first kappa shape index (κ1) is 16.3. The summed E-state index contributed by atoms with van der Waals surface area (Å²) in [5.41, 5.74) is 0. The van der Waals surface area contributed by atoms with E-state index < -0.39 is 6.17 Å². The van der Waals surface area contributed by atoms with Gasteiger partial charge in [-0.1, -0.05) is 27.7 Å². The van der Waals surface area contributed by atoms with Crippen LogP contribution in [0.4, 0.5) is 4.39 Å². The lowest BCUT2D eigenvalue weighted by atomic mass is 10.2. The highest BCUT2D eigenvalue weighted by Crippen LogP contribution is 1.94. The van der Waals surface area contributed by atoms with Gasteiger partial charge in [-0.05, 0) is 0 Å². The number of hydrogen-bond acceptors (Lipinski definition) is 3. The predicted molar refractivity (Wildman–Crippen MR) is 66.7 cm³/mol. The average molecular weight is 248 g/mol. The topological polar surface area (TPSA) is 50.4 Å². The van der Waals surface area contributed by atoms with Crippen LogP contribution in [-0.2, 0) is 9.53 Å². The molecule has 0 saturated heterocycles. The second kappa shape index (κ2) is 9.36. The van der Waals surface area contributed by atoms with Crippen molar-refractivity contribution >= 4 is 5.91 Å². The molecule has 0 aromatic heterocycles. The van der Waals surface area contributed by atoms with Gasteiger partial charge in [0.2, 0.25) is 5.91 Å². The van der Waals surface area contributed by atoms with Crippen molar-refractivity contribution in [3.63, 3.8) is 0 Å². The molecule has 0 saturated carbocycles. The van der Waals surface area contributed by atoms with Crippen molar-refractivity contribution in [1.82, 2.24) is 10.6 Å². The number of carbonyl (C=O) groups is 1. The fourth-order valence-corrected chi connectivity index (χ4v) is 1.11. The summed E-state index contributed by atoms with van der Waals surface area (Å²) in [5.74, 6) is -0.243. The summed E-state index contributed by atoms with van der Waals surface area (Å²) in [6.45, 7) is 8.87. The molecule has 1 atom stereocenters. The zero-order valence-electron chi connectivity index (χ0n) is 11.3. The van der Waals surface area contributed by atoms with E-state index in [4.69, 9.17) is 4.74 Å². The third-order valence-corrected chi connectivity index (χ3v) is 2.12. The van der Waals surface area contributed by atoms with Gasteiger partial charge in [0.05, 0.1) is 19.8 Å². The van der Waals surface area contributed by atoms with Crippen LogP contribution in [0, 0.1) is 5.92 Å². The first-order chi connectivity index (χ1) is 7.93. The van der Waals surface area contributed by atoms with E-state index in [1.165, 1.54) is 0 Å². The number of ether oxygens (including phenoxy) is 1. The molecule has 0 aliphatic carbocycles. The first-order valence-electron chi connectivity index (χ1n) is 6.16. The monoisotopic (exact) mass is 248 g/mol. The molecular formula is C12H25FN2O2. The molecule has 1 amide bonds. The second-order valence-corrected chi connectivity index (χ2v) is 4.68. The maximum absolute atomic E-state index is 13.3. The summed E-state index contributed by atoms with van der Waals surface area (Å²) < 4.78 is 18.4. The molecule has 102 valence electrons. The standard InChI is InChI=1S/C12H25FN2O2/c1-9(2)12(16)15-7-11(13)8-17-6-5-14-10(3)4/h9-11,14H,5-8H2,1-4H3,(H,15,16). The Labute approximate surface area is 103 Å². The van der Waals surface area contributed by atoms with Gasteiger partial charge in [0.15, 0.2) is 0 Å². The lowest BCUT2D eigenvalue weighted by Gasteiger charge is -2.12. The van der Waals surface area contributed by atoms with E-state index in [0.29, 0.717) is 19.2 Å². The van der Waals surface area contributed by atoms with Crippen LogP contribution in [0.15, 0.2) is 0 Å². The zero-order chi connectivity index (χ0) is 13.3. The molecule has 0 aromatic rings. The van der Waals surface area contributed by atoms with Gasteiger partial charge < -0.3 is 15.4 Å². The van der Waals surface area contributed by atoms with Crippen LogP contribution < -0.4 is 10.6 Å². The van der Waals surface area contributed by atoms with E-state index in [1.54, 1.807) is 13.8 Å². The van der Waals surface area contributed by atoms with Crippen molar-refractivity contribution in [2.24, 2.45) is 5.92 Å². The highest BCUT2D eigenvalue weighted by molar-refractivity contribution is 5.77. The summed E-state index contributed by atoms with van der Waals surface area (Å²) in [6, 6.07) is 0.408. The highest BCUT2D eigenvalue weighted by atomic mass is 19.1. The van der Waals surface area contributed by atoms with Crippen LogP contribution in [0.25, 0.3) is 0 Å². The molecule has 0 spiro atoms. The van der Waals surface area contributed by atoms with E-state index in [0.717, 1.165) is 0 Å². The number of halogens is 1. The molecule has 0 heterocycles.